The van der Waals surface area contributed by atoms with Gasteiger partial charge in [-0.15, -0.1) is 10.2 Å². The number of carbonyl (C=O) groups is 2. The van der Waals surface area contributed by atoms with Gasteiger partial charge in [0, 0.05) is 12.1 Å². The summed E-state index contributed by atoms with van der Waals surface area (Å²) in [6, 6.07) is 7.57. The molecule has 0 unspecified atom stereocenters. The highest BCUT2D eigenvalue weighted by atomic mass is 32.1. The van der Waals surface area contributed by atoms with Crippen LogP contribution < -0.4 is 5.73 Å². The molecular formula is C15H13N5O2S. The number of H-pyrrole nitrogens is 1. The van der Waals surface area contributed by atoms with Gasteiger partial charge in [-0.25, -0.2) is 0 Å². The number of nitrogens with one attached hydrogen (secondary N) is 1. The molecule has 0 amide bonds. The Labute approximate surface area is 135 Å². The maximum atomic E-state index is 12.1. The van der Waals surface area contributed by atoms with Crippen LogP contribution in [0.25, 0.3) is 0 Å². The quantitative estimate of drug-likeness (QED) is 0.402. The molecular weight excluding hydrogens is 314 g/mol. The average Bonchev–Trinajstić information content (AvgIpc) is 3.21. The van der Waals surface area contributed by atoms with Crippen LogP contribution in [-0.2, 0) is 17.6 Å². The third kappa shape index (κ3) is 3.49. The number of nitrogens with zero attached hydrogens (tertiary/aromatic N) is 3. The zero-order chi connectivity index (χ0) is 16.2. The molecule has 116 valence electrons. The van der Waals surface area contributed by atoms with Crippen molar-refractivity contribution >= 4 is 28.6 Å². The molecule has 1 aromatic carbocycles. The van der Waals surface area contributed by atoms with Crippen LogP contribution in [0.2, 0.25) is 0 Å². The van der Waals surface area contributed by atoms with Gasteiger partial charge in [0.15, 0.2) is 0 Å². The predicted molar refractivity (Wildman–Crippen MR) is 85.2 cm³/mol. The van der Waals surface area contributed by atoms with E-state index >= 15 is 0 Å². The minimum atomic E-state index is -0.733. The third-order valence-corrected chi connectivity index (χ3v) is 4.20. The van der Waals surface area contributed by atoms with E-state index in [1.165, 1.54) is 11.3 Å². The molecule has 7 nitrogen and oxygen atoms in total. The maximum absolute atomic E-state index is 12.1. The molecule has 8 heteroatoms. The van der Waals surface area contributed by atoms with Crippen molar-refractivity contribution in [1.29, 1.82) is 0 Å². The van der Waals surface area contributed by atoms with Crippen molar-refractivity contribution in [2.75, 3.05) is 5.73 Å². The van der Waals surface area contributed by atoms with Crippen molar-refractivity contribution in [3.63, 3.8) is 0 Å². The minimum absolute atomic E-state index is 0.0289. The number of anilines is 1. The summed E-state index contributed by atoms with van der Waals surface area (Å²) in [5.41, 5.74) is 9.34. The Kier molecular flexibility index (Phi) is 4.24. The van der Waals surface area contributed by atoms with Gasteiger partial charge in [-0.3, -0.25) is 9.59 Å². The molecule has 0 aliphatic rings. The summed E-state index contributed by atoms with van der Waals surface area (Å²) in [7, 11) is 0. The molecule has 0 spiro atoms. The molecule has 23 heavy (non-hydrogen) atoms. The van der Waals surface area contributed by atoms with E-state index in [1.807, 2.05) is 35.0 Å². The van der Waals surface area contributed by atoms with Crippen molar-refractivity contribution in [3.05, 3.63) is 57.5 Å². The highest BCUT2D eigenvalue weighted by molar-refractivity contribution is 7.08. The standard InChI is InChI=1S/C15H13N5O2S/c16-12-3-1-9(2-4-12)5-10-7-23-8-11(10)6-13(21)14(22)15-17-19-20-18-15/h1-4,7-8H,5-6,16H2,(H,17,18,19,20). The lowest BCUT2D eigenvalue weighted by atomic mass is 9.99. The maximum Gasteiger partial charge on any atom is 0.269 e. The second-order valence-electron chi connectivity index (χ2n) is 5.01. The number of nitrogens with two attached hydrogens (primary N) is 1. The smallest absolute Gasteiger partial charge is 0.269 e. The van der Waals surface area contributed by atoms with Crippen molar-refractivity contribution in [2.45, 2.75) is 12.8 Å². The Bertz CT molecular complexity index is 824. The number of thiophene rings is 1. The van der Waals surface area contributed by atoms with E-state index in [0.29, 0.717) is 12.1 Å². The van der Waals surface area contributed by atoms with Crippen LogP contribution in [0.3, 0.4) is 0 Å². The molecule has 0 saturated heterocycles. The first kappa shape index (κ1) is 15.0. The van der Waals surface area contributed by atoms with Gasteiger partial charge in [0.25, 0.3) is 5.78 Å². The number of nitrogen functional groups attached to an aromatic ring is 1. The number of hydrogen-bond donors (Lipinski definition) is 2. The highest BCUT2D eigenvalue weighted by Gasteiger charge is 2.22. The second kappa shape index (κ2) is 6.49. The largest absolute Gasteiger partial charge is 0.399 e. The molecule has 0 bridgehead atoms. The fraction of sp³-hybridized carbons (Fsp3) is 0.133. The molecule has 0 aliphatic carbocycles. The second-order valence-corrected chi connectivity index (χ2v) is 5.75. The van der Waals surface area contributed by atoms with Crippen LogP contribution >= 0.6 is 11.3 Å². The monoisotopic (exact) mass is 327 g/mol. The zero-order valence-electron chi connectivity index (χ0n) is 12.0. The predicted octanol–water partition coefficient (Wildman–Crippen LogP) is 1.43. The number of tetrazole rings is 1. The zero-order valence-corrected chi connectivity index (χ0v) is 12.8. The van der Waals surface area contributed by atoms with Crippen LogP contribution in [0, 0.1) is 0 Å². The van der Waals surface area contributed by atoms with E-state index in [9.17, 15) is 9.59 Å². The normalized spacial score (nSPS) is 10.6. The molecule has 0 atom stereocenters. The van der Waals surface area contributed by atoms with E-state index in [2.05, 4.69) is 20.6 Å². The summed E-state index contributed by atoms with van der Waals surface area (Å²) >= 11 is 1.50. The fourth-order valence-electron chi connectivity index (χ4n) is 2.15. The number of aromatic amines is 1. The lowest BCUT2D eigenvalue weighted by Crippen LogP contribution is -2.18. The Morgan fingerprint density at radius 1 is 1.13 bits per heavy atom. The summed E-state index contributed by atoms with van der Waals surface area (Å²) in [5, 5.41) is 16.4. The first-order valence-corrected chi connectivity index (χ1v) is 7.77. The van der Waals surface area contributed by atoms with E-state index in [-0.39, 0.29) is 12.2 Å². The highest BCUT2D eigenvalue weighted by Crippen LogP contribution is 2.20. The van der Waals surface area contributed by atoms with E-state index in [4.69, 9.17) is 5.73 Å². The summed E-state index contributed by atoms with van der Waals surface area (Å²) < 4.78 is 0. The molecule has 0 saturated carbocycles. The fourth-order valence-corrected chi connectivity index (χ4v) is 3.02. The minimum Gasteiger partial charge on any atom is -0.399 e. The van der Waals surface area contributed by atoms with Gasteiger partial charge in [-0.2, -0.15) is 16.6 Å². The number of Topliss-reactive ketones (excluding diaryl/α,β-unsaturated/α-hetero) is 2. The van der Waals surface area contributed by atoms with Gasteiger partial charge in [-0.05, 0) is 51.2 Å². The molecule has 0 radical (unpaired) electrons. The Balaban J connectivity index is 1.72. The molecule has 0 aliphatic heterocycles. The Hall–Kier alpha value is -2.87. The van der Waals surface area contributed by atoms with E-state index < -0.39 is 11.6 Å². The van der Waals surface area contributed by atoms with Gasteiger partial charge >= 0.3 is 0 Å². The molecule has 2 aromatic heterocycles. The first-order chi connectivity index (χ1) is 11.1. The summed E-state index contributed by atoms with van der Waals surface area (Å²) in [6.45, 7) is 0. The Morgan fingerprint density at radius 3 is 2.57 bits per heavy atom. The summed E-state index contributed by atoms with van der Waals surface area (Å²) in [4.78, 5) is 24.0. The van der Waals surface area contributed by atoms with Crippen molar-refractivity contribution < 1.29 is 9.59 Å². The number of rotatable bonds is 6. The van der Waals surface area contributed by atoms with E-state index in [0.717, 1.165) is 16.7 Å². The number of ketones is 2. The van der Waals surface area contributed by atoms with Gasteiger partial charge in [0.2, 0.25) is 11.6 Å². The number of carbonyl (C=O) groups excluding carboxylic acids is 2. The number of benzene rings is 1. The molecule has 0 fully saturated rings. The van der Waals surface area contributed by atoms with Gasteiger partial charge in [-0.1, -0.05) is 12.1 Å². The van der Waals surface area contributed by atoms with Crippen molar-refractivity contribution in [3.8, 4) is 0 Å². The number of aromatic nitrogens is 4. The summed E-state index contributed by atoms with van der Waals surface area (Å²) in [6.07, 6.45) is 0.712. The van der Waals surface area contributed by atoms with Gasteiger partial charge in [0.1, 0.15) is 0 Å². The SMILES string of the molecule is Nc1ccc(Cc2cscc2CC(=O)C(=O)c2nn[nH]n2)cc1. The van der Waals surface area contributed by atoms with Crippen LogP contribution in [0.4, 0.5) is 5.69 Å². The van der Waals surface area contributed by atoms with Crippen molar-refractivity contribution in [1.82, 2.24) is 20.6 Å². The molecule has 2 heterocycles. The van der Waals surface area contributed by atoms with Crippen molar-refractivity contribution in [2.24, 2.45) is 0 Å². The lowest BCUT2D eigenvalue weighted by Gasteiger charge is -2.04. The summed E-state index contributed by atoms with van der Waals surface area (Å²) in [5.74, 6) is -1.49. The van der Waals surface area contributed by atoms with E-state index in [1.54, 1.807) is 0 Å². The number of hydrogen-bond acceptors (Lipinski definition) is 7. The van der Waals surface area contributed by atoms with Crippen LogP contribution in [-0.4, -0.2) is 32.2 Å². The Morgan fingerprint density at radius 2 is 1.87 bits per heavy atom. The van der Waals surface area contributed by atoms with Crippen LogP contribution in [0.5, 0.6) is 0 Å². The molecule has 3 rings (SSSR count). The first-order valence-electron chi connectivity index (χ1n) is 6.83. The topological polar surface area (TPSA) is 115 Å². The average molecular weight is 327 g/mol. The molecule has 3 aromatic rings. The third-order valence-electron chi connectivity index (χ3n) is 3.36. The van der Waals surface area contributed by atoms with Crippen LogP contribution in [0.1, 0.15) is 27.3 Å². The lowest BCUT2D eigenvalue weighted by molar-refractivity contribution is -0.114. The van der Waals surface area contributed by atoms with Gasteiger partial charge < -0.3 is 5.73 Å². The molecule has 3 N–H and O–H groups in total. The van der Waals surface area contributed by atoms with Gasteiger partial charge in [0.05, 0.1) is 0 Å². The van der Waals surface area contributed by atoms with Crippen LogP contribution in [0.15, 0.2) is 35.0 Å².